The minimum Gasteiger partial charge on any atom is -0.444 e. The topological polar surface area (TPSA) is 96.0 Å². The minimum absolute atomic E-state index is 0.0116. The lowest BCUT2D eigenvalue weighted by molar-refractivity contribution is 0.452. The second-order valence-electron chi connectivity index (χ2n) is 4.03. The van der Waals surface area contributed by atoms with E-state index < -0.39 is 10.0 Å². The molecule has 0 bridgehead atoms. The lowest BCUT2D eigenvalue weighted by atomic mass is 10.2. The molecule has 0 saturated heterocycles. The molecule has 2 rings (SSSR count). The molecule has 7 heteroatoms. The maximum absolute atomic E-state index is 12.0. The van der Waals surface area contributed by atoms with Crippen molar-refractivity contribution >= 4 is 10.0 Å². The van der Waals surface area contributed by atoms with Gasteiger partial charge in [0.2, 0.25) is 15.9 Å². The molecule has 1 aromatic carbocycles. The van der Waals surface area contributed by atoms with E-state index in [4.69, 9.17) is 9.68 Å². The molecule has 0 amide bonds. The van der Waals surface area contributed by atoms with Gasteiger partial charge < -0.3 is 4.42 Å². The van der Waals surface area contributed by atoms with Gasteiger partial charge in [0, 0.05) is 6.42 Å². The van der Waals surface area contributed by atoms with Gasteiger partial charge in [-0.25, -0.2) is 18.1 Å². The molecule has 0 aliphatic carbocycles. The summed E-state index contributed by atoms with van der Waals surface area (Å²) in [7, 11) is -3.64. The lowest BCUT2D eigenvalue weighted by Gasteiger charge is -2.04. The number of nitriles is 1. The zero-order valence-corrected chi connectivity index (χ0v) is 11.6. The maximum Gasteiger partial charge on any atom is 0.241 e. The highest BCUT2D eigenvalue weighted by Gasteiger charge is 2.15. The number of aromatic nitrogens is 1. The molecule has 0 aliphatic rings. The molecule has 0 atom stereocenters. The largest absolute Gasteiger partial charge is 0.444 e. The van der Waals surface area contributed by atoms with E-state index in [0.717, 1.165) is 0 Å². The van der Waals surface area contributed by atoms with Crippen LogP contribution in [0.1, 0.15) is 24.1 Å². The normalized spacial score (nSPS) is 11.2. The summed E-state index contributed by atoms with van der Waals surface area (Å²) < 4.78 is 31.8. The maximum atomic E-state index is 12.0. The number of nitrogens with zero attached hydrogens (tertiary/aromatic N) is 2. The van der Waals surface area contributed by atoms with Gasteiger partial charge in [-0.3, -0.25) is 0 Å². The Bertz CT molecular complexity index is 727. The summed E-state index contributed by atoms with van der Waals surface area (Å²) in [6.07, 6.45) is 2.28. The number of sulfonamides is 1. The molecule has 20 heavy (non-hydrogen) atoms. The lowest BCUT2D eigenvalue weighted by Crippen LogP contribution is -2.23. The molecule has 0 spiro atoms. The fourth-order valence-corrected chi connectivity index (χ4v) is 2.52. The summed E-state index contributed by atoms with van der Waals surface area (Å²) in [6, 6.07) is 7.60. The number of oxazole rings is 1. The van der Waals surface area contributed by atoms with Crippen molar-refractivity contribution in [1.29, 1.82) is 5.26 Å². The zero-order valence-electron chi connectivity index (χ0n) is 10.8. The second kappa shape index (κ2) is 5.86. The summed E-state index contributed by atoms with van der Waals surface area (Å²) in [5.41, 5.74) is 0.407. The van der Waals surface area contributed by atoms with Crippen LogP contribution in [0.4, 0.5) is 0 Å². The van der Waals surface area contributed by atoms with Crippen LogP contribution in [-0.2, 0) is 23.0 Å². The highest BCUT2D eigenvalue weighted by Crippen LogP contribution is 2.11. The van der Waals surface area contributed by atoms with Crippen molar-refractivity contribution in [2.75, 3.05) is 0 Å². The molecule has 1 aromatic heterocycles. The van der Waals surface area contributed by atoms with E-state index in [9.17, 15) is 8.42 Å². The summed E-state index contributed by atoms with van der Waals surface area (Å²) in [5.74, 6) is 1.02. The summed E-state index contributed by atoms with van der Waals surface area (Å²) in [4.78, 5) is 4.07. The number of benzene rings is 1. The van der Waals surface area contributed by atoms with Crippen molar-refractivity contribution < 1.29 is 12.8 Å². The van der Waals surface area contributed by atoms with Gasteiger partial charge in [-0.15, -0.1) is 0 Å². The average molecular weight is 291 g/mol. The fourth-order valence-electron chi connectivity index (χ4n) is 1.54. The van der Waals surface area contributed by atoms with Crippen molar-refractivity contribution in [3.05, 3.63) is 47.7 Å². The SMILES string of the molecule is CCc1cnc(CNS(=O)(=O)c2ccc(C#N)cc2)o1. The first kappa shape index (κ1) is 14.2. The molecule has 0 radical (unpaired) electrons. The van der Waals surface area contributed by atoms with Crippen LogP contribution >= 0.6 is 0 Å². The molecule has 0 fully saturated rings. The minimum atomic E-state index is -3.64. The summed E-state index contributed by atoms with van der Waals surface area (Å²) in [6.45, 7) is 1.91. The number of aryl methyl sites for hydroxylation is 1. The van der Waals surface area contributed by atoms with Gasteiger partial charge in [0.1, 0.15) is 5.76 Å². The van der Waals surface area contributed by atoms with Crippen molar-refractivity contribution in [2.24, 2.45) is 0 Å². The Labute approximate surface area is 117 Å². The number of hydrogen-bond donors (Lipinski definition) is 1. The molecule has 2 aromatic rings. The van der Waals surface area contributed by atoms with Crippen molar-refractivity contribution in [3.63, 3.8) is 0 Å². The molecule has 1 N–H and O–H groups in total. The highest BCUT2D eigenvalue weighted by molar-refractivity contribution is 7.89. The standard InChI is InChI=1S/C13H13N3O3S/c1-2-11-8-15-13(19-11)9-16-20(17,18)12-5-3-10(7-14)4-6-12/h3-6,8,16H,2,9H2,1H3. The Balaban J connectivity index is 2.08. The van der Waals surface area contributed by atoms with Gasteiger partial charge in [0.15, 0.2) is 0 Å². The van der Waals surface area contributed by atoms with Gasteiger partial charge in [0.05, 0.1) is 29.3 Å². The Kier molecular flexibility index (Phi) is 4.17. The molecule has 104 valence electrons. The van der Waals surface area contributed by atoms with E-state index in [1.54, 1.807) is 6.20 Å². The van der Waals surface area contributed by atoms with Crippen LogP contribution in [0.2, 0.25) is 0 Å². The van der Waals surface area contributed by atoms with Gasteiger partial charge in [-0.05, 0) is 24.3 Å². The van der Waals surface area contributed by atoms with Crippen LogP contribution < -0.4 is 4.72 Å². The monoisotopic (exact) mass is 291 g/mol. The second-order valence-corrected chi connectivity index (χ2v) is 5.80. The van der Waals surface area contributed by atoms with Gasteiger partial charge >= 0.3 is 0 Å². The van der Waals surface area contributed by atoms with E-state index in [1.807, 2.05) is 13.0 Å². The predicted molar refractivity (Wildman–Crippen MR) is 71.1 cm³/mol. The quantitative estimate of drug-likeness (QED) is 0.902. The van der Waals surface area contributed by atoms with Crippen LogP contribution in [0, 0.1) is 11.3 Å². The van der Waals surface area contributed by atoms with Gasteiger partial charge in [-0.2, -0.15) is 5.26 Å². The Morgan fingerprint density at radius 3 is 2.60 bits per heavy atom. The molecule has 6 nitrogen and oxygen atoms in total. The van der Waals surface area contributed by atoms with E-state index in [2.05, 4.69) is 9.71 Å². The summed E-state index contributed by atoms with van der Waals surface area (Å²) >= 11 is 0. The third-order valence-corrected chi connectivity index (χ3v) is 4.07. The van der Waals surface area contributed by atoms with E-state index in [1.165, 1.54) is 24.3 Å². The number of hydrogen-bond acceptors (Lipinski definition) is 5. The Morgan fingerprint density at radius 2 is 2.05 bits per heavy atom. The van der Waals surface area contributed by atoms with Gasteiger partial charge in [0.25, 0.3) is 0 Å². The van der Waals surface area contributed by atoms with E-state index in [-0.39, 0.29) is 11.4 Å². The van der Waals surface area contributed by atoms with Crippen molar-refractivity contribution in [2.45, 2.75) is 24.8 Å². The van der Waals surface area contributed by atoms with E-state index in [0.29, 0.717) is 23.6 Å². The predicted octanol–water partition coefficient (Wildman–Crippen LogP) is 1.59. The molecule has 0 unspecified atom stereocenters. The zero-order chi connectivity index (χ0) is 14.6. The van der Waals surface area contributed by atoms with Crippen LogP contribution in [0.5, 0.6) is 0 Å². The van der Waals surface area contributed by atoms with Crippen LogP contribution in [0.25, 0.3) is 0 Å². The van der Waals surface area contributed by atoms with Crippen LogP contribution in [0.3, 0.4) is 0 Å². The average Bonchev–Trinajstić information content (AvgIpc) is 2.93. The molecular formula is C13H13N3O3S. The Morgan fingerprint density at radius 1 is 1.35 bits per heavy atom. The third-order valence-electron chi connectivity index (χ3n) is 2.66. The fraction of sp³-hybridized carbons (Fsp3) is 0.231. The number of nitrogens with one attached hydrogen (secondary N) is 1. The smallest absolute Gasteiger partial charge is 0.241 e. The molecule has 0 saturated carbocycles. The van der Waals surface area contributed by atoms with Crippen molar-refractivity contribution in [3.8, 4) is 6.07 Å². The third kappa shape index (κ3) is 3.23. The number of rotatable bonds is 5. The highest BCUT2D eigenvalue weighted by atomic mass is 32.2. The Hall–Kier alpha value is -2.17. The van der Waals surface area contributed by atoms with Gasteiger partial charge in [-0.1, -0.05) is 6.92 Å². The summed E-state index contributed by atoms with van der Waals surface area (Å²) in [5, 5.41) is 8.67. The van der Waals surface area contributed by atoms with Crippen molar-refractivity contribution in [1.82, 2.24) is 9.71 Å². The van der Waals surface area contributed by atoms with Crippen LogP contribution in [0.15, 0.2) is 39.8 Å². The van der Waals surface area contributed by atoms with E-state index >= 15 is 0 Å². The van der Waals surface area contributed by atoms with Crippen LogP contribution in [-0.4, -0.2) is 13.4 Å². The molecule has 1 heterocycles. The first-order valence-electron chi connectivity index (χ1n) is 5.98. The molecule has 0 aliphatic heterocycles. The first-order chi connectivity index (χ1) is 9.55. The first-order valence-corrected chi connectivity index (χ1v) is 7.47. The molecular weight excluding hydrogens is 278 g/mol.